The number of rotatable bonds is 3. The van der Waals surface area contributed by atoms with Gasteiger partial charge in [0.1, 0.15) is 0 Å². The Morgan fingerprint density at radius 2 is 2.38 bits per heavy atom. The number of carbonyl (C=O) groups excluding carboxylic acids is 1. The van der Waals surface area contributed by atoms with Crippen LogP contribution < -0.4 is 5.32 Å². The van der Waals surface area contributed by atoms with Gasteiger partial charge in [-0.1, -0.05) is 12.5 Å². The Morgan fingerprint density at radius 1 is 1.44 bits per heavy atom. The monoisotopic (exact) mass is 235 g/mol. The van der Waals surface area contributed by atoms with E-state index >= 15 is 0 Å². The Morgan fingerprint density at radius 3 is 3.00 bits per heavy atom. The third-order valence-electron chi connectivity index (χ3n) is 4.15. The highest BCUT2D eigenvalue weighted by atomic mass is 32.1. The maximum atomic E-state index is 11.8. The van der Waals surface area contributed by atoms with E-state index in [0.717, 1.165) is 29.2 Å². The molecule has 2 bridgehead atoms. The minimum absolute atomic E-state index is 0.109. The highest BCUT2D eigenvalue weighted by Gasteiger charge is 2.39. The molecule has 0 aliphatic heterocycles. The number of nitrogens with one attached hydrogen (secondary N) is 1. The lowest BCUT2D eigenvalue weighted by atomic mass is 9.89. The van der Waals surface area contributed by atoms with Crippen molar-refractivity contribution in [1.29, 1.82) is 0 Å². The first-order chi connectivity index (χ1) is 7.83. The quantitative estimate of drug-likeness (QED) is 0.857. The molecule has 86 valence electrons. The lowest BCUT2D eigenvalue weighted by Gasteiger charge is -2.21. The van der Waals surface area contributed by atoms with E-state index in [-0.39, 0.29) is 5.91 Å². The maximum Gasteiger partial charge on any atom is 0.261 e. The third kappa shape index (κ3) is 1.88. The average Bonchev–Trinajstić information content (AvgIpc) is 3.01. The maximum absolute atomic E-state index is 11.8. The van der Waals surface area contributed by atoms with Crippen LogP contribution in [-0.2, 0) is 0 Å². The van der Waals surface area contributed by atoms with Gasteiger partial charge in [0.05, 0.1) is 4.88 Å². The zero-order valence-electron chi connectivity index (χ0n) is 9.32. The second-order valence-electron chi connectivity index (χ2n) is 5.12. The summed E-state index contributed by atoms with van der Waals surface area (Å²) in [5, 5.41) is 5.03. The van der Waals surface area contributed by atoms with Gasteiger partial charge in [0.2, 0.25) is 0 Å². The highest BCUT2D eigenvalue weighted by molar-refractivity contribution is 7.12. The molecule has 1 amide bonds. The SMILES string of the molecule is O=C(NCC1CC2CCC1C2)c1cccs1. The Bertz CT molecular complexity index is 373. The van der Waals surface area contributed by atoms with E-state index < -0.39 is 0 Å². The lowest BCUT2D eigenvalue weighted by molar-refractivity contribution is 0.0946. The van der Waals surface area contributed by atoms with Gasteiger partial charge in [0, 0.05) is 6.54 Å². The Hall–Kier alpha value is -0.830. The minimum Gasteiger partial charge on any atom is -0.351 e. The molecule has 3 heteroatoms. The van der Waals surface area contributed by atoms with Gasteiger partial charge < -0.3 is 5.32 Å². The molecule has 0 saturated heterocycles. The van der Waals surface area contributed by atoms with Crippen LogP contribution in [0.4, 0.5) is 0 Å². The second-order valence-corrected chi connectivity index (χ2v) is 6.07. The van der Waals surface area contributed by atoms with Gasteiger partial charge in [-0.3, -0.25) is 4.79 Å². The van der Waals surface area contributed by atoms with Crippen LogP contribution in [0.25, 0.3) is 0 Å². The number of fused-ring (bicyclic) bond motifs is 2. The van der Waals surface area contributed by atoms with Crippen molar-refractivity contribution in [2.75, 3.05) is 6.54 Å². The zero-order valence-corrected chi connectivity index (χ0v) is 10.1. The molecule has 1 heterocycles. The summed E-state index contributed by atoms with van der Waals surface area (Å²) in [6, 6.07) is 3.82. The second kappa shape index (κ2) is 4.21. The number of carbonyl (C=O) groups is 1. The van der Waals surface area contributed by atoms with Gasteiger partial charge >= 0.3 is 0 Å². The van der Waals surface area contributed by atoms with Gasteiger partial charge in [-0.25, -0.2) is 0 Å². The van der Waals surface area contributed by atoms with Crippen molar-refractivity contribution in [3.05, 3.63) is 22.4 Å². The number of thiophene rings is 1. The van der Waals surface area contributed by atoms with Gasteiger partial charge in [0.15, 0.2) is 0 Å². The van der Waals surface area contributed by atoms with Gasteiger partial charge in [-0.2, -0.15) is 0 Å². The number of amides is 1. The molecular weight excluding hydrogens is 218 g/mol. The standard InChI is InChI=1S/C13H17NOS/c15-13(12-2-1-5-16-12)14-8-11-7-9-3-4-10(11)6-9/h1-2,5,9-11H,3-4,6-8H2,(H,14,15). The smallest absolute Gasteiger partial charge is 0.261 e. The van der Waals surface area contributed by atoms with Crippen molar-refractivity contribution >= 4 is 17.2 Å². The molecule has 2 aliphatic carbocycles. The molecule has 2 fully saturated rings. The molecule has 1 N–H and O–H groups in total. The Kier molecular flexibility index (Phi) is 2.72. The average molecular weight is 235 g/mol. The van der Waals surface area contributed by atoms with Crippen LogP contribution in [0, 0.1) is 17.8 Å². The molecule has 3 unspecified atom stereocenters. The number of hydrogen-bond acceptors (Lipinski definition) is 2. The molecule has 1 aromatic rings. The first-order valence-corrected chi connectivity index (χ1v) is 7.02. The summed E-state index contributed by atoms with van der Waals surface area (Å²) in [7, 11) is 0. The predicted octanol–water partition coefficient (Wildman–Crippen LogP) is 2.91. The summed E-state index contributed by atoms with van der Waals surface area (Å²) in [5.41, 5.74) is 0. The normalized spacial score (nSPS) is 31.9. The van der Waals surface area contributed by atoms with Crippen molar-refractivity contribution in [1.82, 2.24) is 5.32 Å². The predicted molar refractivity (Wildman–Crippen MR) is 65.6 cm³/mol. The van der Waals surface area contributed by atoms with E-state index in [4.69, 9.17) is 0 Å². The van der Waals surface area contributed by atoms with Gasteiger partial charge in [-0.05, 0) is 48.5 Å². The van der Waals surface area contributed by atoms with E-state index in [0.29, 0.717) is 0 Å². The van der Waals surface area contributed by atoms with Gasteiger partial charge in [0.25, 0.3) is 5.91 Å². The fourth-order valence-corrected chi connectivity index (χ4v) is 3.99. The topological polar surface area (TPSA) is 29.1 Å². The van der Waals surface area contributed by atoms with Crippen molar-refractivity contribution in [3.63, 3.8) is 0 Å². The van der Waals surface area contributed by atoms with Crippen molar-refractivity contribution < 1.29 is 4.79 Å². The fraction of sp³-hybridized carbons (Fsp3) is 0.615. The summed E-state index contributed by atoms with van der Waals surface area (Å²) < 4.78 is 0. The van der Waals surface area contributed by atoms with Crippen LogP contribution in [0.2, 0.25) is 0 Å². The van der Waals surface area contributed by atoms with E-state index in [1.165, 1.54) is 37.0 Å². The van der Waals surface area contributed by atoms with Crippen LogP contribution >= 0.6 is 11.3 Å². The minimum atomic E-state index is 0.109. The Labute approximate surface area is 100 Å². The highest BCUT2D eigenvalue weighted by Crippen LogP contribution is 2.47. The van der Waals surface area contributed by atoms with Crippen molar-refractivity contribution in [2.45, 2.75) is 25.7 Å². The summed E-state index contributed by atoms with van der Waals surface area (Å²) in [5.74, 6) is 2.72. The van der Waals surface area contributed by atoms with Gasteiger partial charge in [-0.15, -0.1) is 11.3 Å². The van der Waals surface area contributed by atoms with Crippen LogP contribution in [0.15, 0.2) is 17.5 Å². The fourth-order valence-electron chi connectivity index (χ4n) is 3.35. The molecule has 1 aromatic heterocycles. The van der Waals surface area contributed by atoms with Crippen LogP contribution in [0.5, 0.6) is 0 Å². The van der Waals surface area contributed by atoms with Crippen LogP contribution in [-0.4, -0.2) is 12.5 Å². The summed E-state index contributed by atoms with van der Waals surface area (Å²) in [6.07, 6.45) is 5.58. The summed E-state index contributed by atoms with van der Waals surface area (Å²) >= 11 is 1.52. The molecule has 2 nitrogen and oxygen atoms in total. The molecule has 16 heavy (non-hydrogen) atoms. The van der Waals surface area contributed by atoms with Crippen molar-refractivity contribution in [2.24, 2.45) is 17.8 Å². The molecular formula is C13H17NOS. The van der Waals surface area contributed by atoms with E-state index in [1.807, 2.05) is 17.5 Å². The molecule has 0 aromatic carbocycles. The summed E-state index contributed by atoms with van der Waals surface area (Å²) in [6.45, 7) is 0.887. The van der Waals surface area contributed by atoms with E-state index in [1.54, 1.807) is 0 Å². The lowest BCUT2D eigenvalue weighted by Crippen LogP contribution is -2.31. The Balaban J connectivity index is 1.52. The third-order valence-corrected chi connectivity index (χ3v) is 5.02. The molecule has 2 aliphatic rings. The van der Waals surface area contributed by atoms with Crippen molar-refractivity contribution in [3.8, 4) is 0 Å². The van der Waals surface area contributed by atoms with E-state index in [9.17, 15) is 4.79 Å². The molecule has 0 radical (unpaired) electrons. The first-order valence-electron chi connectivity index (χ1n) is 6.14. The molecule has 3 atom stereocenters. The van der Waals surface area contributed by atoms with Crippen LogP contribution in [0.3, 0.4) is 0 Å². The molecule has 2 saturated carbocycles. The zero-order chi connectivity index (χ0) is 11.0. The first kappa shape index (κ1) is 10.3. The van der Waals surface area contributed by atoms with E-state index in [2.05, 4.69) is 5.32 Å². The molecule has 0 spiro atoms. The largest absolute Gasteiger partial charge is 0.351 e. The number of hydrogen-bond donors (Lipinski definition) is 1. The summed E-state index contributed by atoms with van der Waals surface area (Å²) in [4.78, 5) is 12.6. The van der Waals surface area contributed by atoms with Crippen LogP contribution in [0.1, 0.15) is 35.4 Å². The molecule has 3 rings (SSSR count).